The van der Waals surface area contributed by atoms with E-state index in [1.807, 2.05) is 6.07 Å². The van der Waals surface area contributed by atoms with E-state index in [0.717, 1.165) is 24.9 Å². The van der Waals surface area contributed by atoms with E-state index in [1.165, 1.54) is 20.3 Å². The summed E-state index contributed by atoms with van der Waals surface area (Å²) in [5.41, 5.74) is 1.67. The minimum atomic E-state index is -0.102. The maximum absolute atomic E-state index is 12.0. The zero-order valence-corrected chi connectivity index (χ0v) is 24.2. The Labute approximate surface area is 243 Å². The van der Waals surface area contributed by atoms with Crippen molar-refractivity contribution in [3.63, 3.8) is 0 Å². The van der Waals surface area contributed by atoms with Crippen LogP contribution in [-0.2, 0) is 9.53 Å². The Hall–Kier alpha value is -3.18. The molecule has 0 spiro atoms. The average Bonchev–Trinajstić information content (AvgIpc) is 3.56. The summed E-state index contributed by atoms with van der Waals surface area (Å²) >= 11 is 13.5. The van der Waals surface area contributed by atoms with Crippen LogP contribution in [0.1, 0.15) is 12.8 Å². The van der Waals surface area contributed by atoms with Crippen LogP contribution >= 0.6 is 23.2 Å². The Bertz CT molecular complexity index is 1410. The minimum absolute atomic E-state index is 0.00393. The van der Waals surface area contributed by atoms with Gasteiger partial charge in [0.25, 0.3) is 0 Å². The molecule has 2 aliphatic rings. The number of rotatable bonds is 10. The average molecular weight is 588 g/mol. The van der Waals surface area contributed by atoms with Gasteiger partial charge in [-0.15, -0.1) is 0 Å². The van der Waals surface area contributed by atoms with Crippen molar-refractivity contribution in [2.75, 3.05) is 58.2 Å². The van der Waals surface area contributed by atoms with E-state index in [0.29, 0.717) is 69.7 Å². The van der Waals surface area contributed by atoms with Gasteiger partial charge in [-0.1, -0.05) is 29.8 Å². The predicted octanol–water partition coefficient (Wildman–Crippen LogP) is 4.70. The summed E-state index contributed by atoms with van der Waals surface area (Å²) in [6, 6.07) is 3.58. The summed E-state index contributed by atoms with van der Waals surface area (Å²) in [4.78, 5) is 28.6. The number of nitrogens with one attached hydrogen (secondary N) is 2. The number of benzene rings is 1. The minimum Gasteiger partial charge on any atom is -0.495 e. The first-order valence-corrected chi connectivity index (χ1v) is 13.8. The van der Waals surface area contributed by atoms with Crippen molar-refractivity contribution in [3.05, 3.63) is 41.0 Å². The second kappa shape index (κ2) is 12.1. The Kier molecular flexibility index (Phi) is 8.60. The van der Waals surface area contributed by atoms with Gasteiger partial charge in [0, 0.05) is 48.1 Å². The highest BCUT2D eigenvalue weighted by Crippen LogP contribution is 2.46. The summed E-state index contributed by atoms with van der Waals surface area (Å²) < 4.78 is 16.6. The van der Waals surface area contributed by atoms with Crippen molar-refractivity contribution in [1.29, 1.82) is 0 Å². The Morgan fingerprint density at radius 2 is 1.93 bits per heavy atom. The number of nitrogens with zero attached hydrogens (tertiary/aromatic N) is 4. The summed E-state index contributed by atoms with van der Waals surface area (Å²) in [5, 5.41) is 8.35. The number of methoxy groups -OCH3 is 2. The number of hydrogen-bond acceptors (Lipinski definition) is 10. The van der Waals surface area contributed by atoms with E-state index in [9.17, 15) is 4.79 Å². The van der Waals surface area contributed by atoms with Gasteiger partial charge in [-0.3, -0.25) is 4.79 Å². The monoisotopic (exact) mass is 586 g/mol. The molecular formula is C28H32Cl2N6O4. The number of anilines is 2. The van der Waals surface area contributed by atoms with Crippen molar-refractivity contribution in [2.24, 2.45) is 5.92 Å². The van der Waals surface area contributed by atoms with Gasteiger partial charge in [0.2, 0.25) is 5.95 Å². The summed E-state index contributed by atoms with van der Waals surface area (Å²) in [6.07, 6.45) is 4.40. The number of aromatic nitrogens is 3. The second-order valence-electron chi connectivity index (χ2n) is 10.1. The van der Waals surface area contributed by atoms with Crippen molar-refractivity contribution in [1.82, 2.24) is 19.9 Å². The number of carbonyl (C=O) groups is 1. The zero-order valence-electron chi connectivity index (χ0n) is 22.7. The summed E-state index contributed by atoms with van der Waals surface area (Å²) in [7, 11) is 5.16. The molecule has 0 radical (unpaired) electrons. The fourth-order valence-corrected chi connectivity index (χ4v) is 5.86. The quantitative estimate of drug-likeness (QED) is 0.324. The van der Waals surface area contributed by atoms with Gasteiger partial charge in [-0.05, 0) is 32.2 Å². The van der Waals surface area contributed by atoms with Gasteiger partial charge < -0.3 is 29.7 Å². The van der Waals surface area contributed by atoms with E-state index in [-0.39, 0.29) is 23.8 Å². The molecule has 10 nitrogen and oxygen atoms in total. The van der Waals surface area contributed by atoms with Crippen molar-refractivity contribution in [3.8, 4) is 22.8 Å². The molecule has 40 heavy (non-hydrogen) atoms. The third-order valence-corrected chi connectivity index (χ3v) is 8.08. The second-order valence-corrected chi connectivity index (χ2v) is 10.8. The zero-order chi connectivity index (χ0) is 28.4. The van der Waals surface area contributed by atoms with Gasteiger partial charge in [0.1, 0.15) is 17.0 Å². The number of allylic oxidation sites excluding steroid dienone is 1. The first-order chi connectivity index (χ1) is 19.3. The SMILES string of the molecule is C=CC(=O)C[C@H]1COC[C@H]1Nc1ncc2cc(-c3c(Cl)c(OC)cc(OC)c3Cl)nc(NC3CCN(C)C3)c2n1. The van der Waals surface area contributed by atoms with E-state index >= 15 is 0 Å². The molecule has 2 aliphatic heterocycles. The molecule has 0 amide bonds. The molecular weight excluding hydrogens is 555 g/mol. The molecule has 0 bridgehead atoms. The molecule has 1 aromatic carbocycles. The number of hydrogen-bond donors (Lipinski definition) is 2. The standard InChI is InChI=1S/C28H32Cl2N6O4/c1-5-18(37)8-16-13-40-14-20(16)34-28-31-11-15-9-19(23-24(29)21(38-3)10-22(39-4)25(23)30)33-27(26(15)35-28)32-17-6-7-36(2)12-17/h5,9-11,16-17,20H,1,6-8,12-14H2,2-4H3,(H,32,33)(H,31,34,35)/t16-,17?,20+/m0/s1. The number of likely N-dealkylation sites (tertiary alicyclic amines) is 1. The maximum atomic E-state index is 12.0. The van der Waals surface area contributed by atoms with Gasteiger partial charge in [0.15, 0.2) is 11.6 Å². The van der Waals surface area contributed by atoms with Crippen molar-refractivity contribution >= 4 is 51.7 Å². The van der Waals surface area contributed by atoms with Gasteiger partial charge in [-0.25, -0.2) is 15.0 Å². The molecule has 2 saturated heterocycles. The lowest BCUT2D eigenvalue weighted by Crippen LogP contribution is -2.30. The molecule has 0 saturated carbocycles. The van der Waals surface area contributed by atoms with Crippen LogP contribution in [0.5, 0.6) is 11.5 Å². The number of carbonyl (C=O) groups excluding carboxylic acids is 1. The highest BCUT2D eigenvalue weighted by atomic mass is 35.5. The van der Waals surface area contributed by atoms with E-state index < -0.39 is 0 Å². The number of ketones is 1. The van der Waals surface area contributed by atoms with Crippen LogP contribution in [0.2, 0.25) is 10.0 Å². The fourth-order valence-electron chi connectivity index (χ4n) is 5.16. The molecule has 0 aliphatic carbocycles. The lowest BCUT2D eigenvalue weighted by Gasteiger charge is -2.20. The van der Waals surface area contributed by atoms with Crippen LogP contribution < -0.4 is 20.1 Å². The molecule has 5 rings (SSSR count). The molecule has 2 aromatic heterocycles. The Morgan fingerprint density at radius 3 is 2.58 bits per heavy atom. The van der Waals surface area contributed by atoms with Crippen LogP contribution in [0.4, 0.5) is 11.8 Å². The molecule has 2 N–H and O–H groups in total. The van der Waals surface area contributed by atoms with Crippen molar-refractivity contribution < 1.29 is 19.0 Å². The predicted molar refractivity (Wildman–Crippen MR) is 157 cm³/mol. The Balaban J connectivity index is 1.56. The van der Waals surface area contributed by atoms with Crippen LogP contribution in [0.3, 0.4) is 0 Å². The molecule has 212 valence electrons. The van der Waals surface area contributed by atoms with Gasteiger partial charge in [0.05, 0.1) is 49.2 Å². The maximum Gasteiger partial charge on any atom is 0.223 e. The third-order valence-electron chi connectivity index (χ3n) is 7.33. The normalized spacial score (nSPS) is 21.0. The highest BCUT2D eigenvalue weighted by Gasteiger charge is 2.30. The molecule has 3 aromatic rings. The van der Waals surface area contributed by atoms with Gasteiger partial charge in [-0.2, -0.15) is 0 Å². The Morgan fingerprint density at radius 1 is 1.18 bits per heavy atom. The summed E-state index contributed by atoms with van der Waals surface area (Å²) in [5.74, 6) is 1.85. The number of likely N-dealkylation sites (N-methyl/N-ethyl adjacent to an activating group) is 1. The van der Waals surface area contributed by atoms with Gasteiger partial charge >= 0.3 is 0 Å². The highest BCUT2D eigenvalue weighted by molar-refractivity contribution is 6.41. The molecule has 1 unspecified atom stereocenters. The van der Waals surface area contributed by atoms with Crippen LogP contribution in [-0.4, -0.2) is 85.3 Å². The summed E-state index contributed by atoms with van der Waals surface area (Å²) in [6.45, 7) is 6.38. The first kappa shape index (κ1) is 28.4. The van der Waals surface area contributed by atoms with Crippen LogP contribution in [0.25, 0.3) is 22.2 Å². The van der Waals surface area contributed by atoms with E-state index in [2.05, 4.69) is 34.1 Å². The lowest BCUT2D eigenvalue weighted by atomic mass is 9.97. The number of ether oxygens (including phenoxy) is 3. The fraction of sp³-hybridized carbons (Fsp3) is 0.429. The number of fused-ring (bicyclic) bond motifs is 1. The largest absolute Gasteiger partial charge is 0.495 e. The molecule has 12 heteroatoms. The van der Waals surface area contributed by atoms with Crippen LogP contribution in [0.15, 0.2) is 31.0 Å². The van der Waals surface area contributed by atoms with E-state index in [4.69, 9.17) is 47.4 Å². The third kappa shape index (κ3) is 5.81. The van der Waals surface area contributed by atoms with Crippen LogP contribution in [0, 0.1) is 5.92 Å². The molecule has 3 atom stereocenters. The topological polar surface area (TPSA) is 111 Å². The molecule has 2 fully saturated rings. The molecule has 4 heterocycles. The lowest BCUT2D eigenvalue weighted by molar-refractivity contribution is -0.115. The first-order valence-electron chi connectivity index (χ1n) is 13.0. The van der Waals surface area contributed by atoms with Crippen molar-refractivity contribution in [2.45, 2.75) is 24.9 Å². The number of pyridine rings is 1. The van der Waals surface area contributed by atoms with E-state index in [1.54, 1.807) is 12.3 Å². The number of halogens is 2. The smallest absolute Gasteiger partial charge is 0.223 e.